The number of rotatable bonds is 5. The van der Waals surface area contributed by atoms with E-state index in [2.05, 4.69) is 40.2 Å². The molecular weight excluding hydrogens is 258 g/mol. The number of aliphatic hydroxyl groups is 1. The summed E-state index contributed by atoms with van der Waals surface area (Å²) in [5.41, 5.74) is 1.38. The minimum Gasteiger partial charge on any atom is -0.390 e. The van der Waals surface area contributed by atoms with Gasteiger partial charge >= 0.3 is 0 Å². The molecule has 4 nitrogen and oxygen atoms in total. The molecule has 19 heavy (non-hydrogen) atoms. The van der Waals surface area contributed by atoms with Gasteiger partial charge in [-0.1, -0.05) is 0 Å². The van der Waals surface area contributed by atoms with Crippen molar-refractivity contribution in [2.45, 2.75) is 25.2 Å². The van der Waals surface area contributed by atoms with E-state index in [1.807, 2.05) is 25.4 Å². The first kappa shape index (κ1) is 14.9. The van der Waals surface area contributed by atoms with Gasteiger partial charge in [-0.3, -0.25) is 4.90 Å². The highest BCUT2D eigenvalue weighted by Crippen LogP contribution is 2.21. The fourth-order valence-corrected chi connectivity index (χ4v) is 3.58. The zero-order valence-corrected chi connectivity index (χ0v) is 13.2. The summed E-state index contributed by atoms with van der Waals surface area (Å²) in [6.45, 7) is 3.69. The number of likely N-dealkylation sites (N-methyl/N-ethyl adjacent to an activating group) is 1. The van der Waals surface area contributed by atoms with Crippen LogP contribution in [0.2, 0.25) is 0 Å². The van der Waals surface area contributed by atoms with Gasteiger partial charge in [-0.25, -0.2) is 0 Å². The smallest absolute Gasteiger partial charge is 0.0834 e. The van der Waals surface area contributed by atoms with Gasteiger partial charge in [0.15, 0.2) is 0 Å². The molecule has 5 heteroatoms. The lowest BCUT2D eigenvalue weighted by molar-refractivity contribution is 0.112. The average molecular weight is 283 g/mol. The molecule has 0 saturated carbocycles. The molecule has 1 saturated heterocycles. The molecule has 0 spiro atoms. The maximum absolute atomic E-state index is 10.0. The minimum atomic E-state index is -0.226. The highest BCUT2D eigenvalue weighted by Gasteiger charge is 2.32. The van der Waals surface area contributed by atoms with Crippen molar-refractivity contribution in [2.24, 2.45) is 0 Å². The van der Waals surface area contributed by atoms with Gasteiger partial charge in [0, 0.05) is 37.1 Å². The second-order valence-electron chi connectivity index (χ2n) is 5.95. The Kier molecular flexibility index (Phi) is 4.97. The van der Waals surface area contributed by atoms with Crippen LogP contribution in [0.15, 0.2) is 11.4 Å². The summed E-state index contributed by atoms with van der Waals surface area (Å²) in [4.78, 5) is 8.05. The van der Waals surface area contributed by atoms with Crippen LogP contribution >= 0.6 is 11.3 Å². The molecule has 0 bridgehead atoms. The first-order valence-corrected chi connectivity index (χ1v) is 7.61. The average Bonchev–Trinajstić information content (AvgIpc) is 2.85. The van der Waals surface area contributed by atoms with E-state index in [1.165, 1.54) is 10.4 Å². The lowest BCUT2D eigenvalue weighted by Gasteiger charge is -2.21. The summed E-state index contributed by atoms with van der Waals surface area (Å²) >= 11 is 1.83. The Morgan fingerprint density at radius 1 is 1.32 bits per heavy atom. The standard InChI is InChI=1S/C14H25N3OS/c1-15(2)6-11-5-12(19-10-11)7-17-8-13(16(3)4)14(18)9-17/h5,10,13-14,18H,6-9H2,1-4H3/t13-,14-/m0/s1. The van der Waals surface area contributed by atoms with Crippen LogP contribution in [0.5, 0.6) is 0 Å². The Labute approximate surface area is 120 Å². The summed E-state index contributed by atoms with van der Waals surface area (Å²) in [6, 6.07) is 2.56. The van der Waals surface area contributed by atoms with E-state index in [0.29, 0.717) is 0 Å². The molecule has 2 rings (SSSR count). The first-order valence-electron chi connectivity index (χ1n) is 6.73. The molecule has 108 valence electrons. The van der Waals surface area contributed by atoms with Gasteiger partial charge in [-0.15, -0.1) is 11.3 Å². The van der Waals surface area contributed by atoms with Crippen LogP contribution in [0.1, 0.15) is 10.4 Å². The molecule has 0 aliphatic carbocycles. The zero-order chi connectivity index (χ0) is 14.0. The summed E-state index contributed by atoms with van der Waals surface area (Å²) in [7, 11) is 8.27. The summed E-state index contributed by atoms with van der Waals surface area (Å²) in [6.07, 6.45) is -0.226. The van der Waals surface area contributed by atoms with Gasteiger partial charge in [0.2, 0.25) is 0 Å². The quantitative estimate of drug-likeness (QED) is 0.870. The van der Waals surface area contributed by atoms with Crippen LogP contribution in [-0.4, -0.2) is 73.2 Å². The van der Waals surface area contributed by atoms with Gasteiger partial charge in [0.1, 0.15) is 0 Å². The minimum absolute atomic E-state index is 0.226. The normalized spacial score (nSPS) is 24.8. The topological polar surface area (TPSA) is 30.0 Å². The SMILES string of the molecule is CN(C)Cc1csc(CN2C[C@H](O)[C@@H](N(C)C)C2)c1. The van der Waals surface area contributed by atoms with Crippen LogP contribution in [-0.2, 0) is 13.1 Å². The maximum atomic E-state index is 10.0. The molecule has 0 aromatic carbocycles. The van der Waals surface area contributed by atoms with Crippen molar-refractivity contribution in [3.63, 3.8) is 0 Å². The van der Waals surface area contributed by atoms with Gasteiger partial charge in [-0.2, -0.15) is 0 Å². The molecule has 1 aliphatic heterocycles. The van der Waals surface area contributed by atoms with Crippen molar-refractivity contribution >= 4 is 11.3 Å². The Morgan fingerprint density at radius 2 is 2.05 bits per heavy atom. The van der Waals surface area contributed by atoms with Crippen LogP contribution < -0.4 is 0 Å². The molecule has 2 atom stereocenters. The number of thiophene rings is 1. The Hall–Kier alpha value is -0.460. The highest BCUT2D eigenvalue weighted by atomic mass is 32.1. The van der Waals surface area contributed by atoms with Crippen molar-refractivity contribution in [3.8, 4) is 0 Å². The van der Waals surface area contributed by atoms with E-state index in [9.17, 15) is 5.11 Å². The maximum Gasteiger partial charge on any atom is 0.0834 e. The van der Waals surface area contributed by atoms with Crippen LogP contribution in [0.3, 0.4) is 0 Å². The van der Waals surface area contributed by atoms with Gasteiger partial charge < -0.3 is 14.9 Å². The Morgan fingerprint density at radius 3 is 2.63 bits per heavy atom. The Balaban J connectivity index is 1.90. The second kappa shape index (κ2) is 6.33. The number of β-amino-alcohol motifs (C(OH)–C–C–N with tert-alkyl or cyclic N) is 1. The Bertz CT molecular complexity index is 405. The summed E-state index contributed by atoms with van der Waals surface area (Å²) in [5.74, 6) is 0. The monoisotopic (exact) mass is 283 g/mol. The molecule has 1 aromatic heterocycles. The fourth-order valence-electron chi connectivity index (χ4n) is 2.66. The van der Waals surface area contributed by atoms with E-state index in [-0.39, 0.29) is 12.1 Å². The molecular formula is C14H25N3OS. The largest absolute Gasteiger partial charge is 0.390 e. The number of aliphatic hydroxyl groups excluding tert-OH is 1. The van der Waals surface area contributed by atoms with Crippen molar-refractivity contribution in [1.29, 1.82) is 0 Å². The predicted octanol–water partition coefficient (Wildman–Crippen LogP) is 0.916. The van der Waals surface area contributed by atoms with Gasteiger partial charge in [0.25, 0.3) is 0 Å². The van der Waals surface area contributed by atoms with E-state index in [0.717, 1.165) is 26.2 Å². The summed E-state index contributed by atoms with van der Waals surface area (Å²) < 4.78 is 0. The third kappa shape index (κ3) is 4.00. The highest BCUT2D eigenvalue weighted by molar-refractivity contribution is 7.10. The van der Waals surface area contributed by atoms with E-state index >= 15 is 0 Å². The molecule has 1 fully saturated rings. The van der Waals surface area contributed by atoms with Crippen LogP contribution in [0.4, 0.5) is 0 Å². The fraction of sp³-hybridized carbons (Fsp3) is 0.714. The van der Waals surface area contributed by atoms with Crippen molar-refractivity contribution < 1.29 is 5.11 Å². The van der Waals surface area contributed by atoms with Crippen LogP contribution in [0.25, 0.3) is 0 Å². The van der Waals surface area contributed by atoms with Gasteiger partial charge in [0.05, 0.1) is 6.10 Å². The van der Waals surface area contributed by atoms with Crippen molar-refractivity contribution in [1.82, 2.24) is 14.7 Å². The zero-order valence-electron chi connectivity index (χ0n) is 12.3. The molecule has 2 heterocycles. The number of hydrogen-bond donors (Lipinski definition) is 1. The van der Waals surface area contributed by atoms with E-state index in [4.69, 9.17) is 0 Å². The van der Waals surface area contributed by atoms with E-state index in [1.54, 1.807) is 0 Å². The van der Waals surface area contributed by atoms with Gasteiger partial charge in [-0.05, 0) is 45.2 Å². The molecule has 0 unspecified atom stereocenters. The number of hydrogen-bond acceptors (Lipinski definition) is 5. The van der Waals surface area contributed by atoms with Crippen LogP contribution in [0, 0.1) is 0 Å². The molecule has 0 radical (unpaired) electrons. The molecule has 0 amide bonds. The molecule has 1 aliphatic rings. The lowest BCUT2D eigenvalue weighted by Crippen LogP contribution is -2.37. The number of likely N-dealkylation sites (tertiary alicyclic amines) is 1. The predicted molar refractivity (Wildman–Crippen MR) is 80.5 cm³/mol. The van der Waals surface area contributed by atoms with Crippen molar-refractivity contribution in [2.75, 3.05) is 41.3 Å². The molecule has 1 N–H and O–H groups in total. The van der Waals surface area contributed by atoms with Crippen molar-refractivity contribution in [3.05, 3.63) is 21.9 Å². The first-order chi connectivity index (χ1) is 8.95. The third-order valence-corrected chi connectivity index (χ3v) is 4.55. The van der Waals surface area contributed by atoms with E-state index < -0.39 is 0 Å². The third-order valence-electron chi connectivity index (χ3n) is 3.58. The number of nitrogens with zero attached hydrogens (tertiary/aromatic N) is 3. The second-order valence-corrected chi connectivity index (χ2v) is 6.95. The molecule has 1 aromatic rings. The summed E-state index contributed by atoms with van der Waals surface area (Å²) in [5, 5.41) is 12.3. The lowest BCUT2D eigenvalue weighted by atomic mass is 10.2.